The van der Waals surface area contributed by atoms with Crippen molar-refractivity contribution in [3.63, 3.8) is 0 Å². The van der Waals surface area contributed by atoms with Crippen molar-refractivity contribution < 1.29 is 29.4 Å². The fourth-order valence-electron chi connectivity index (χ4n) is 3.49. The van der Waals surface area contributed by atoms with Crippen LogP contribution in [-0.2, 0) is 4.74 Å². The second-order valence-electron chi connectivity index (χ2n) is 5.97. The predicted molar refractivity (Wildman–Crippen MR) is 80.7 cm³/mol. The summed E-state index contributed by atoms with van der Waals surface area (Å²) in [6.45, 7) is 1.87. The van der Waals surface area contributed by atoms with Gasteiger partial charge in [-0.2, -0.15) is 0 Å². The molecule has 3 rings (SSSR count). The summed E-state index contributed by atoms with van der Waals surface area (Å²) in [4.78, 5) is 15.7. The highest BCUT2D eigenvalue weighted by atomic mass is 16.6. The highest BCUT2D eigenvalue weighted by molar-refractivity contribution is 5.83. The smallest absolute Gasteiger partial charge is 0.407 e. The summed E-state index contributed by atoms with van der Waals surface area (Å²) in [7, 11) is 0. The molecule has 0 saturated carbocycles. The summed E-state index contributed by atoms with van der Waals surface area (Å²) < 4.78 is 6.46. The molecule has 3 heterocycles. The normalized spacial score (nSPS) is 36.2. The number of hydrogen-bond acceptors (Lipinski definition) is 10. The van der Waals surface area contributed by atoms with Crippen molar-refractivity contribution in [3.8, 4) is 0 Å². The Morgan fingerprint density at radius 3 is 2.92 bits per heavy atom. The molecule has 2 unspecified atom stereocenters. The van der Waals surface area contributed by atoms with Gasteiger partial charge in [0.15, 0.2) is 12.0 Å². The van der Waals surface area contributed by atoms with Crippen LogP contribution in [0.1, 0.15) is 6.92 Å². The Labute approximate surface area is 137 Å². The number of hydrogen-bond donors (Lipinski definition) is 8. The highest BCUT2D eigenvalue weighted by Gasteiger charge is 2.74. The molecule has 1 amide bonds. The lowest BCUT2D eigenvalue weighted by atomic mass is 9.86. The molecular formula is C12H22N7O5+. The van der Waals surface area contributed by atoms with E-state index < -0.39 is 35.7 Å². The van der Waals surface area contributed by atoms with Gasteiger partial charge in [0.1, 0.15) is 25.3 Å². The van der Waals surface area contributed by atoms with Crippen LogP contribution in [-0.4, -0.2) is 87.2 Å². The van der Waals surface area contributed by atoms with Gasteiger partial charge in [-0.15, -0.1) is 0 Å². The Bertz CT molecular complexity index is 621. The van der Waals surface area contributed by atoms with Gasteiger partial charge in [0.2, 0.25) is 5.66 Å². The van der Waals surface area contributed by atoms with Crippen LogP contribution in [0.15, 0.2) is 4.99 Å². The Kier molecular flexibility index (Phi) is 3.69. The van der Waals surface area contributed by atoms with Crippen LogP contribution < -0.4 is 27.4 Å². The van der Waals surface area contributed by atoms with Crippen LogP contribution in [0.4, 0.5) is 4.79 Å². The molecule has 4 atom stereocenters. The summed E-state index contributed by atoms with van der Waals surface area (Å²) in [6.07, 6.45) is -2.13. The van der Waals surface area contributed by atoms with Crippen molar-refractivity contribution in [1.82, 2.24) is 16.0 Å². The van der Waals surface area contributed by atoms with E-state index in [1.807, 2.05) is 0 Å². The van der Waals surface area contributed by atoms with E-state index >= 15 is 0 Å². The van der Waals surface area contributed by atoms with Gasteiger partial charge in [0.25, 0.3) is 5.79 Å². The number of nitrogens with one attached hydrogen (secondary N) is 3. The molecule has 0 aromatic rings. The van der Waals surface area contributed by atoms with Crippen LogP contribution in [0.2, 0.25) is 0 Å². The summed E-state index contributed by atoms with van der Waals surface area (Å²) in [5.74, 6) is -2.53. The lowest BCUT2D eigenvalue weighted by molar-refractivity contribution is -0.623. The van der Waals surface area contributed by atoms with Crippen LogP contribution in [0.5, 0.6) is 0 Å². The monoisotopic (exact) mass is 344 g/mol. The van der Waals surface area contributed by atoms with Gasteiger partial charge in [-0.3, -0.25) is 11.1 Å². The van der Waals surface area contributed by atoms with E-state index in [-0.39, 0.29) is 25.1 Å². The second-order valence-corrected chi connectivity index (χ2v) is 5.97. The van der Waals surface area contributed by atoms with Crippen LogP contribution in [0, 0.1) is 0 Å². The molecule has 3 aliphatic rings. The number of guanidine groups is 2. The zero-order chi connectivity index (χ0) is 17.7. The first kappa shape index (κ1) is 16.5. The zero-order valence-electron chi connectivity index (χ0n) is 13.1. The Morgan fingerprint density at radius 1 is 1.54 bits per heavy atom. The number of carbonyl (C=O) groups is 1. The molecule has 0 aromatic heterocycles. The number of nitrogens with zero attached hydrogens (tertiary/aromatic N) is 2. The molecule has 1 saturated heterocycles. The topological polar surface area (TPSA) is 190 Å². The molecule has 134 valence electrons. The SMILES string of the molecule is CCNC(=O)OC[C@@H]1NC(N)=[N+]2C[C@@H](O)C(O)(O)C23NC(N)=NC13. The van der Waals surface area contributed by atoms with Gasteiger partial charge in [0.05, 0.1) is 0 Å². The maximum Gasteiger partial charge on any atom is 0.407 e. The van der Waals surface area contributed by atoms with E-state index in [0.29, 0.717) is 6.54 Å². The number of alkyl carbamates (subject to hydrolysis) is 1. The third-order valence-electron chi connectivity index (χ3n) is 4.55. The molecule has 0 bridgehead atoms. The lowest BCUT2D eigenvalue weighted by Crippen LogP contribution is -2.78. The molecule has 3 aliphatic heterocycles. The number of aliphatic hydroxyl groups excluding tert-OH is 1. The van der Waals surface area contributed by atoms with Crippen LogP contribution in [0.3, 0.4) is 0 Å². The van der Waals surface area contributed by atoms with Gasteiger partial charge in [-0.25, -0.2) is 14.4 Å². The molecule has 0 aliphatic carbocycles. The third kappa shape index (κ3) is 2.07. The third-order valence-corrected chi connectivity index (χ3v) is 4.55. The number of carbonyl (C=O) groups excluding carboxylic acids is 1. The predicted octanol–water partition coefficient (Wildman–Crippen LogP) is -4.93. The molecule has 10 N–H and O–H groups in total. The second kappa shape index (κ2) is 5.36. The lowest BCUT2D eigenvalue weighted by Gasteiger charge is -2.43. The zero-order valence-corrected chi connectivity index (χ0v) is 13.1. The molecule has 12 nitrogen and oxygen atoms in total. The molecule has 1 fully saturated rings. The first-order valence-electron chi connectivity index (χ1n) is 7.55. The standard InChI is InChI=1S/C12H21N7O5/c1-2-15-10(21)24-4-5-7-11(18-8(13)17-7)12(22,23)6(20)3-19(11)9(14)16-5/h5-7,20,22-23H,2-4H2,1H3,(H6,13,14,15,16,17,18,21)/p+1/t5-,6+,7?,11?/m0/s1. The first-order valence-corrected chi connectivity index (χ1v) is 7.55. The minimum absolute atomic E-state index is 0.0360. The summed E-state index contributed by atoms with van der Waals surface area (Å²) in [5, 5.41) is 39.1. The number of aliphatic imine (C=N–C) groups is 1. The average molecular weight is 344 g/mol. The van der Waals surface area contributed by atoms with Crippen molar-refractivity contribution in [2.45, 2.75) is 36.6 Å². The number of aliphatic hydroxyl groups is 3. The Morgan fingerprint density at radius 2 is 2.25 bits per heavy atom. The molecule has 0 radical (unpaired) electrons. The summed E-state index contributed by atoms with van der Waals surface area (Å²) in [5.41, 5.74) is 10.0. The van der Waals surface area contributed by atoms with Crippen LogP contribution in [0.25, 0.3) is 0 Å². The van der Waals surface area contributed by atoms with Crippen molar-refractivity contribution in [2.75, 3.05) is 19.7 Å². The largest absolute Gasteiger partial charge is 0.446 e. The van der Waals surface area contributed by atoms with E-state index in [0.717, 1.165) is 0 Å². The van der Waals surface area contributed by atoms with Gasteiger partial charge in [0, 0.05) is 6.54 Å². The minimum atomic E-state index is -2.57. The maximum atomic E-state index is 11.5. The van der Waals surface area contributed by atoms with E-state index in [4.69, 9.17) is 16.2 Å². The number of ether oxygens (including phenoxy) is 1. The first-order chi connectivity index (χ1) is 11.2. The number of rotatable bonds is 3. The van der Waals surface area contributed by atoms with Gasteiger partial charge in [-0.1, -0.05) is 0 Å². The fraction of sp³-hybridized carbons (Fsp3) is 0.750. The van der Waals surface area contributed by atoms with Gasteiger partial charge < -0.3 is 36.4 Å². The summed E-state index contributed by atoms with van der Waals surface area (Å²) in [6, 6.07) is -1.55. The molecule has 0 aromatic carbocycles. The Hall–Kier alpha value is -2.31. The number of amides is 1. The Balaban J connectivity index is 1.93. The summed E-state index contributed by atoms with van der Waals surface area (Å²) >= 11 is 0. The molecule has 24 heavy (non-hydrogen) atoms. The molecule has 12 heteroatoms. The van der Waals surface area contributed by atoms with Crippen molar-refractivity contribution in [1.29, 1.82) is 0 Å². The quantitative estimate of drug-likeness (QED) is 0.183. The van der Waals surface area contributed by atoms with Crippen molar-refractivity contribution in [3.05, 3.63) is 0 Å². The van der Waals surface area contributed by atoms with E-state index in [9.17, 15) is 20.1 Å². The van der Waals surface area contributed by atoms with Gasteiger partial charge >= 0.3 is 12.1 Å². The van der Waals surface area contributed by atoms with E-state index in [1.54, 1.807) is 6.92 Å². The molecular weight excluding hydrogens is 322 g/mol. The van der Waals surface area contributed by atoms with E-state index in [2.05, 4.69) is 20.9 Å². The number of nitrogens with two attached hydrogens (primary N) is 2. The van der Waals surface area contributed by atoms with Crippen molar-refractivity contribution in [2.24, 2.45) is 16.5 Å². The van der Waals surface area contributed by atoms with Crippen LogP contribution >= 0.6 is 0 Å². The minimum Gasteiger partial charge on any atom is -0.446 e. The fourth-order valence-corrected chi connectivity index (χ4v) is 3.49. The van der Waals surface area contributed by atoms with E-state index in [1.165, 1.54) is 4.58 Å². The average Bonchev–Trinajstić information content (AvgIpc) is 2.95. The maximum absolute atomic E-state index is 11.5. The van der Waals surface area contributed by atoms with Gasteiger partial charge in [-0.05, 0) is 6.92 Å². The van der Waals surface area contributed by atoms with Crippen molar-refractivity contribution >= 4 is 18.0 Å². The highest BCUT2D eigenvalue weighted by Crippen LogP contribution is 2.41. The molecule has 1 spiro atoms.